The van der Waals surface area contributed by atoms with Crippen LogP contribution in [-0.2, 0) is 79.1 Å². The second kappa shape index (κ2) is 32.8. The SMILES string of the molecule is COc1ccc2c(CC(=O)N3CCCc4cc(C(=O)NO)ccc4C3)coc2c1.O=C(NO)c1ccc2c(c1)CCCN(C(=O)Cc1csc3ccc(Cl)cc13)C2.O=C(NO)c1ccc2c(c1)CCCN(C(=O)c1cc3ccccc3o1)C2.O=C(NO)c1ccc2c(c1)CCN(C(=O)C13CC4CC(CC(O)(C4)C1)C3)C2. The summed E-state index contributed by atoms with van der Waals surface area (Å²) in [5.41, 5.74) is 18.8. The number of nitrogens with one attached hydrogen (secondary N) is 4. The maximum atomic E-state index is 13.5. The number of carbonyl (C=O) groups is 8. The number of aryl methyl sites for hydroxylation is 3. The first-order valence-electron chi connectivity index (χ1n) is 37.0. The molecule has 570 valence electrons. The largest absolute Gasteiger partial charge is 0.497 e. The number of rotatable bonds is 11. The summed E-state index contributed by atoms with van der Waals surface area (Å²) >= 11 is 7.74. The van der Waals surface area contributed by atoms with Crippen LogP contribution in [0.4, 0.5) is 0 Å². The highest BCUT2D eigenvalue weighted by Crippen LogP contribution is 2.62. The smallest absolute Gasteiger partial charge is 0.289 e. The Morgan fingerprint density at radius 3 is 1.54 bits per heavy atom. The number of para-hydroxylation sites is 1. The zero-order chi connectivity index (χ0) is 77.0. The van der Waals surface area contributed by atoms with Gasteiger partial charge in [-0.2, -0.15) is 0 Å². The number of benzene rings is 7. The Hall–Kier alpha value is -10.8. The van der Waals surface area contributed by atoms with Crippen molar-refractivity contribution in [1.29, 1.82) is 0 Å². The molecular formula is C84H85ClN8O16S. The van der Waals surface area contributed by atoms with Crippen molar-refractivity contribution >= 4 is 102 Å². The van der Waals surface area contributed by atoms with Gasteiger partial charge in [-0.1, -0.05) is 54.1 Å². The van der Waals surface area contributed by atoms with Crippen molar-refractivity contribution in [1.82, 2.24) is 41.5 Å². The summed E-state index contributed by atoms with van der Waals surface area (Å²) in [5, 5.41) is 51.7. The molecule has 4 fully saturated rings. The first-order valence-corrected chi connectivity index (χ1v) is 38.2. The first-order chi connectivity index (χ1) is 53.2. The van der Waals surface area contributed by atoms with Gasteiger partial charge in [0, 0.05) is 107 Å². The minimum atomic E-state index is -0.625. The maximum Gasteiger partial charge on any atom is 0.289 e. The predicted molar refractivity (Wildman–Crippen MR) is 408 cm³/mol. The van der Waals surface area contributed by atoms with Crippen LogP contribution in [0.15, 0.2) is 160 Å². The Balaban J connectivity index is 0.000000122. The van der Waals surface area contributed by atoms with E-state index in [2.05, 4.69) is 0 Å². The van der Waals surface area contributed by atoms with Gasteiger partial charge < -0.3 is 38.3 Å². The van der Waals surface area contributed by atoms with Crippen molar-refractivity contribution in [2.45, 2.75) is 128 Å². The van der Waals surface area contributed by atoms with Gasteiger partial charge in [0.15, 0.2) is 5.76 Å². The fourth-order valence-electron chi connectivity index (χ4n) is 17.5. The molecule has 4 saturated carbocycles. The molecule has 110 heavy (non-hydrogen) atoms. The lowest BCUT2D eigenvalue weighted by atomic mass is 9.47. The molecule has 7 heterocycles. The number of aliphatic hydroxyl groups is 1. The predicted octanol–water partition coefficient (Wildman–Crippen LogP) is 12.4. The molecule has 8 aliphatic rings. The van der Waals surface area contributed by atoms with Crippen LogP contribution >= 0.6 is 22.9 Å². The van der Waals surface area contributed by atoms with Crippen LogP contribution in [0.2, 0.25) is 5.02 Å². The molecule has 3 aromatic heterocycles. The van der Waals surface area contributed by atoms with Gasteiger partial charge >= 0.3 is 0 Å². The molecule has 4 aliphatic heterocycles. The molecule has 18 rings (SSSR count). The third kappa shape index (κ3) is 16.6. The van der Waals surface area contributed by atoms with Crippen molar-refractivity contribution in [2.24, 2.45) is 17.3 Å². The molecule has 2 atom stereocenters. The highest BCUT2D eigenvalue weighted by Gasteiger charge is 2.61. The number of amides is 8. The zero-order valence-corrected chi connectivity index (χ0v) is 62.2. The van der Waals surface area contributed by atoms with Crippen molar-refractivity contribution in [3.63, 3.8) is 0 Å². The van der Waals surface area contributed by atoms with E-state index in [0.29, 0.717) is 133 Å². The molecule has 10 aromatic rings. The van der Waals surface area contributed by atoms with Crippen LogP contribution in [-0.4, -0.2) is 132 Å². The summed E-state index contributed by atoms with van der Waals surface area (Å²) < 4.78 is 17.6. The van der Waals surface area contributed by atoms with Gasteiger partial charge in [0.05, 0.1) is 37.2 Å². The van der Waals surface area contributed by atoms with Gasteiger partial charge in [0.2, 0.25) is 17.7 Å². The lowest BCUT2D eigenvalue weighted by molar-refractivity contribution is -0.186. The number of hydroxylamine groups is 4. The van der Waals surface area contributed by atoms with Gasteiger partial charge in [-0.25, -0.2) is 21.9 Å². The van der Waals surface area contributed by atoms with Gasteiger partial charge in [-0.3, -0.25) is 59.2 Å². The van der Waals surface area contributed by atoms with Crippen LogP contribution in [0.5, 0.6) is 5.75 Å². The monoisotopic (exact) mass is 1530 g/mol. The van der Waals surface area contributed by atoms with E-state index < -0.39 is 29.2 Å². The molecular weight excluding hydrogens is 1440 g/mol. The van der Waals surface area contributed by atoms with Gasteiger partial charge in [-0.05, 0) is 247 Å². The molecule has 4 bridgehead atoms. The molecule has 0 spiro atoms. The van der Waals surface area contributed by atoms with Crippen LogP contribution in [0, 0.1) is 17.3 Å². The van der Waals surface area contributed by atoms with E-state index in [0.717, 1.165) is 141 Å². The van der Waals surface area contributed by atoms with Gasteiger partial charge in [0.25, 0.3) is 29.5 Å². The fourth-order valence-corrected chi connectivity index (χ4v) is 18.6. The Kier molecular flexibility index (Phi) is 22.7. The number of hydrogen-bond donors (Lipinski definition) is 9. The normalized spacial score (nSPS) is 19.4. The Morgan fingerprint density at radius 1 is 0.518 bits per heavy atom. The number of hydrogen-bond acceptors (Lipinski definition) is 17. The van der Waals surface area contributed by atoms with E-state index in [1.165, 1.54) is 6.42 Å². The van der Waals surface area contributed by atoms with Crippen LogP contribution in [0.3, 0.4) is 0 Å². The lowest BCUT2D eigenvalue weighted by Gasteiger charge is -2.60. The minimum absolute atomic E-state index is 0.0357. The summed E-state index contributed by atoms with van der Waals surface area (Å²) in [7, 11) is 1.60. The van der Waals surface area contributed by atoms with Crippen LogP contribution in [0.1, 0.15) is 165 Å². The number of halogens is 1. The summed E-state index contributed by atoms with van der Waals surface area (Å²) in [6.07, 6.45) is 13.2. The molecule has 7 aromatic carbocycles. The highest BCUT2D eigenvalue weighted by molar-refractivity contribution is 7.17. The molecule has 0 saturated heterocycles. The molecule has 9 N–H and O–H groups in total. The number of methoxy groups -OCH3 is 1. The van der Waals surface area contributed by atoms with E-state index in [9.17, 15) is 43.5 Å². The minimum Gasteiger partial charge on any atom is -0.497 e. The Bertz CT molecular complexity index is 5180. The standard InChI is InChI=1S/C22H22N2O5.C21H19ClN2O3S.C21H26N2O4.C20H18N2O4/c1-28-18-6-7-19-17(13-29-20(19)11-18)10-21(25)24-8-2-3-14-9-15(22(26)23-27)4-5-16(14)12-24;22-17-5-6-19-18(10-17)16(12-28-19)9-20(25)24-7-1-2-13-8-14(21(26)23-27)3-4-15(13)11-24;24-18(22-27)16-1-2-17-11-23(4-3-15(17)6-16)19(25)20-7-13-5-14(8-20)10-21(26,9-13)12-20;23-19(21-25)15-7-8-16-12-22(9-3-5-13(16)10-15)20(24)18-11-14-4-1-2-6-17(14)26-18/h4-7,9,11,13,27H,2-3,8,10,12H2,1H3,(H,23,26);3-6,8,10,12,27H,1-2,7,9,11H2,(H,23,26);1-2,6,13-14,26-27H,3-5,7-12H2,(H,22,24);1-2,4,6-8,10-11,25H,3,5,9,12H2,(H,21,23). The quantitative estimate of drug-likeness (QED) is 0.0429. The molecule has 0 radical (unpaired) electrons. The summed E-state index contributed by atoms with van der Waals surface area (Å²) in [6.45, 7) is 4.64. The Morgan fingerprint density at radius 2 is 1.02 bits per heavy atom. The highest BCUT2D eigenvalue weighted by atomic mass is 35.5. The number of fused-ring (bicyclic) bond motifs is 7. The van der Waals surface area contributed by atoms with E-state index in [-0.39, 0.29) is 35.5 Å². The van der Waals surface area contributed by atoms with Crippen LogP contribution in [0.25, 0.3) is 32.0 Å². The molecule has 26 heteroatoms. The van der Waals surface area contributed by atoms with E-state index in [1.54, 1.807) is 106 Å². The molecule has 24 nitrogen and oxygen atoms in total. The second-order valence-corrected chi connectivity index (χ2v) is 31.2. The lowest BCUT2D eigenvalue weighted by Crippen LogP contribution is -2.61. The molecule has 4 aliphatic carbocycles. The maximum absolute atomic E-state index is 13.5. The van der Waals surface area contributed by atoms with Crippen LogP contribution < -0.4 is 26.7 Å². The number of ether oxygens (including phenoxy) is 1. The van der Waals surface area contributed by atoms with E-state index in [4.69, 9.17) is 46.0 Å². The number of thiophene rings is 1. The van der Waals surface area contributed by atoms with Crippen molar-refractivity contribution < 1.29 is 77.9 Å². The van der Waals surface area contributed by atoms with E-state index in [1.807, 2.05) is 105 Å². The summed E-state index contributed by atoms with van der Waals surface area (Å²) in [4.78, 5) is 106. The van der Waals surface area contributed by atoms with Crippen molar-refractivity contribution in [3.05, 3.63) is 240 Å². The summed E-state index contributed by atoms with van der Waals surface area (Å²) in [5.74, 6) is 0.145. The number of nitrogens with zero attached hydrogens (tertiary/aromatic N) is 4. The molecule has 8 amide bonds. The third-order valence-electron chi connectivity index (χ3n) is 22.6. The van der Waals surface area contributed by atoms with Gasteiger partial charge in [-0.15, -0.1) is 11.3 Å². The zero-order valence-electron chi connectivity index (χ0n) is 60.7. The summed E-state index contributed by atoms with van der Waals surface area (Å²) in [6, 6.07) is 41.9. The second-order valence-electron chi connectivity index (χ2n) is 29.8. The fraction of sp³-hybridized carbons (Fsp3) is 0.333. The Labute approximate surface area is 642 Å². The average molecular weight is 1530 g/mol. The average Bonchev–Trinajstić information content (AvgIpc) is 0.945. The van der Waals surface area contributed by atoms with Gasteiger partial charge in [0.1, 0.15) is 16.9 Å². The van der Waals surface area contributed by atoms with Crippen molar-refractivity contribution in [3.8, 4) is 5.75 Å². The topological polar surface area (TPSA) is 334 Å². The van der Waals surface area contributed by atoms with Crippen molar-refractivity contribution in [2.75, 3.05) is 33.3 Å². The molecule has 2 unspecified atom stereocenters. The third-order valence-corrected chi connectivity index (χ3v) is 23.8. The number of furan rings is 2. The first kappa shape index (κ1) is 76.0. The number of carbonyl (C=O) groups excluding carboxylic acids is 8. The van der Waals surface area contributed by atoms with E-state index >= 15 is 0 Å².